The molecule has 0 aliphatic heterocycles. The normalized spacial score (nSPS) is 11.4. The van der Waals surface area contributed by atoms with Crippen molar-refractivity contribution in [2.75, 3.05) is 6.61 Å². The Bertz CT molecular complexity index is 605. The second kappa shape index (κ2) is 5.42. The monoisotopic (exact) mass is 277 g/mol. The van der Waals surface area contributed by atoms with Gasteiger partial charge in [-0.3, -0.25) is 9.89 Å². The summed E-state index contributed by atoms with van der Waals surface area (Å²) in [6.07, 6.45) is 0. The molecule has 0 fully saturated rings. The number of hydrogen-bond acceptors (Lipinski definition) is 3. The van der Waals surface area contributed by atoms with E-state index in [0.29, 0.717) is 11.3 Å². The first-order valence-electron chi connectivity index (χ1n) is 6.16. The van der Waals surface area contributed by atoms with Crippen LogP contribution in [0.1, 0.15) is 24.3 Å². The van der Waals surface area contributed by atoms with E-state index in [4.69, 9.17) is 5.11 Å². The average molecular weight is 277 g/mol. The van der Waals surface area contributed by atoms with Crippen LogP contribution < -0.4 is 5.32 Å². The molecule has 0 saturated heterocycles. The Balaban J connectivity index is 2.17. The quantitative estimate of drug-likeness (QED) is 0.796. The number of H-pyrrole nitrogens is 1. The number of aliphatic hydroxyl groups excluding tert-OH is 1. The van der Waals surface area contributed by atoms with Crippen molar-refractivity contribution in [2.24, 2.45) is 0 Å². The predicted molar refractivity (Wildman–Crippen MR) is 72.6 cm³/mol. The Morgan fingerprint density at radius 1 is 1.40 bits per heavy atom. The summed E-state index contributed by atoms with van der Waals surface area (Å²) in [5.41, 5.74) is 0.837. The van der Waals surface area contributed by atoms with Gasteiger partial charge in [0.1, 0.15) is 11.5 Å². The van der Waals surface area contributed by atoms with E-state index in [2.05, 4.69) is 15.5 Å². The second-order valence-electron chi connectivity index (χ2n) is 5.17. The minimum atomic E-state index is -0.710. The molecule has 1 aromatic carbocycles. The van der Waals surface area contributed by atoms with Crippen LogP contribution in [-0.2, 0) is 0 Å². The first-order chi connectivity index (χ1) is 9.41. The summed E-state index contributed by atoms with van der Waals surface area (Å²) in [6, 6.07) is 7.42. The standard InChI is InChI=1S/C14H16FN3O2/c1-14(2,8-19)16-13(20)12-7-11(17-18-12)9-3-5-10(15)6-4-9/h3-7,19H,8H2,1-2H3,(H,16,20)(H,17,18). The van der Waals surface area contributed by atoms with Crippen molar-refractivity contribution in [1.82, 2.24) is 15.5 Å². The second-order valence-corrected chi connectivity index (χ2v) is 5.17. The van der Waals surface area contributed by atoms with Gasteiger partial charge in [0, 0.05) is 5.56 Å². The molecule has 0 spiro atoms. The van der Waals surface area contributed by atoms with E-state index in [0.717, 1.165) is 0 Å². The van der Waals surface area contributed by atoms with Gasteiger partial charge in [-0.05, 0) is 44.2 Å². The minimum absolute atomic E-state index is 0.169. The van der Waals surface area contributed by atoms with Crippen molar-refractivity contribution in [3.05, 3.63) is 41.8 Å². The molecule has 0 bridgehead atoms. The number of amides is 1. The molecular formula is C14H16FN3O2. The first kappa shape index (κ1) is 14.2. The summed E-state index contributed by atoms with van der Waals surface area (Å²) in [5.74, 6) is -0.683. The SMILES string of the molecule is CC(C)(CO)NC(=O)c1cc(-c2ccc(F)cc2)n[nH]1. The number of aromatic nitrogens is 2. The van der Waals surface area contributed by atoms with Crippen LogP contribution in [0.2, 0.25) is 0 Å². The lowest BCUT2D eigenvalue weighted by molar-refractivity contribution is 0.0864. The first-order valence-corrected chi connectivity index (χ1v) is 6.16. The highest BCUT2D eigenvalue weighted by Gasteiger charge is 2.21. The summed E-state index contributed by atoms with van der Waals surface area (Å²) in [7, 11) is 0. The smallest absolute Gasteiger partial charge is 0.269 e. The third-order valence-corrected chi connectivity index (χ3v) is 2.81. The summed E-state index contributed by atoms with van der Waals surface area (Å²) >= 11 is 0. The van der Waals surface area contributed by atoms with Crippen molar-refractivity contribution in [2.45, 2.75) is 19.4 Å². The zero-order valence-corrected chi connectivity index (χ0v) is 11.3. The Morgan fingerprint density at radius 3 is 2.65 bits per heavy atom. The minimum Gasteiger partial charge on any atom is -0.394 e. The van der Waals surface area contributed by atoms with Gasteiger partial charge in [-0.25, -0.2) is 4.39 Å². The van der Waals surface area contributed by atoms with Crippen LogP contribution in [0.15, 0.2) is 30.3 Å². The van der Waals surface area contributed by atoms with Crippen molar-refractivity contribution in [3.63, 3.8) is 0 Å². The van der Waals surface area contributed by atoms with E-state index in [-0.39, 0.29) is 24.0 Å². The molecule has 0 saturated carbocycles. The lowest BCUT2D eigenvalue weighted by Crippen LogP contribution is -2.46. The van der Waals surface area contributed by atoms with Crippen LogP contribution in [0.25, 0.3) is 11.3 Å². The van der Waals surface area contributed by atoms with Crippen LogP contribution in [-0.4, -0.2) is 33.4 Å². The molecule has 1 amide bonds. The third-order valence-electron chi connectivity index (χ3n) is 2.81. The molecule has 6 heteroatoms. The molecule has 5 nitrogen and oxygen atoms in total. The molecule has 0 atom stereocenters. The van der Waals surface area contributed by atoms with E-state index < -0.39 is 5.54 Å². The molecule has 106 valence electrons. The van der Waals surface area contributed by atoms with Crippen LogP contribution >= 0.6 is 0 Å². The molecule has 0 radical (unpaired) electrons. The van der Waals surface area contributed by atoms with E-state index in [1.165, 1.54) is 12.1 Å². The number of aliphatic hydroxyl groups is 1. The van der Waals surface area contributed by atoms with Gasteiger partial charge in [0.2, 0.25) is 0 Å². The van der Waals surface area contributed by atoms with E-state index in [1.807, 2.05) is 0 Å². The molecule has 0 unspecified atom stereocenters. The number of nitrogens with one attached hydrogen (secondary N) is 2. The number of aromatic amines is 1. The highest BCUT2D eigenvalue weighted by atomic mass is 19.1. The number of benzene rings is 1. The third kappa shape index (κ3) is 3.21. The number of carbonyl (C=O) groups excluding carboxylic acids is 1. The van der Waals surface area contributed by atoms with Crippen LogP contribution in [0.3, 0.4) is 0 Å². The molecule has 2 rings (SSSR count). The van der Waals surface area contributed by atoms with E-state index >= 15 is 0 Å². The molecule has 20 heavy (non-hydrogen) atoms. The van der Waals surface area contributed by atoms with Crippen LogP contribution in [0.4, 0.5) is 4.39 Å². The topological polar surface area (TPSA) is 78.0 Å². The molecule has 0 aliphatic rings. The van der Waals surface area contributed by atoms with Gasteiger partial charge in [0.15, 0.2) is 0 Å². The van der Waals surface area contributed by atoms with Gasteiger partial charge in [-0.15, -0.1) is 0 Å². The van der Waals surface area contributed by atoms with Crippen molar-refractivity contribution in [1.29, 1.82) is 0 Å². The molecule has 3 N–H and O–H groups in total. The largest absolute Gasteiger partial charge is 0.394 e. The Morgan fingerprint density at radius 2 is 2.05 bits per heavy atom. The van der Waals surface area contributed by atoms with Gasteiger partial charge in [-0.2, -0.15) is 5.10 Å². The molecule has 0 aliphatic carbocycles. The highest BCUT2D eigenvalue weighted by Crippen LogP contribution is 2.18. The van der Waals surface area contributed by atoms with E-state index in [1.54, 1.807) is 32.0 Å². The Kier molecular flexibility index (Phi) is 3.85. The maximum atomic E-state index is 12.8. The fraction of sp³-hybridized carbons (Fsp3) is 0.286. The molecule has 2 aromatic rings. The number of carbonyl (C=O) groups is 1. The van der Waals surface area contributed by atoms with Crippen molar-refractivity contribution < 1.29 is 14.3 Å². The van der Waals surface area contributed by atoms with Crippen LogP contribution in [0.5, 0.6) is 0 Å². The van der Waals surface area contributed by atoms with Gasteiger partial charge in [0.25, 0.3) is 5.91 Å². The summed E-state index contributed by atoms with van der Waals surface area (Å²) in [6.45, 7) is 3.25. The number of hydrogen-bond donors (Lipinski definition) is 3. The maximum absolute atomic E-state index is 12.8. The van der Waals surface area contributed by atoms with Gasteiger partial charge in [-0.1, -0.05) is 0 Å². The predicted octanol–water partition coefficient (Wildman–Crippen LogP) is 1.72. The number of rotatable bonds is 4. The Hall–Kier alpha value is -2.21. The zero-order valence-electron chi connectivity index (χ0n) is 11.3. The summed E-state index contributed by atoms with van der Waals surface area (Å²) in [5, 5.41) is 18.4. The Labute approximate surface area is 115 Å². The van der Waals surface area contributed by atoms with Gasteiger partial charge >= 0.3 is 0 Å². The van der Waals surface area contributed by atoms with E-state index in [9.17, 15) is 9.18 Å². The highest BCUT2D eigenvalue weighted by molar-refractivity contribution is 5.93. The maximum Gasteiger partial charge on any atom is 0.269 e. The fourth-order valence-corrected chi connectivity index (χ4v) is 1.62. The van der Waals surface area contributed by atoms with Crippen molar-refractivity contribution in [3.8, 4) is 11.3 Å². The van der Waals surface area contributed by atoms with Crippen molar-refractivity contribution >= 4 is 5.91 Å². The molecule has 1 aromatic heterocycles. The lowest BCUT2D eigenvalue weighted by atomic mass is 10.1. The summed E-state index contributed by atoms with van der Waals surface area (Å²) in [4.78, 5) is 12.0. The molecule has 1 heterocycles. The summed E-state index contributed by atoms with van der Waals surface area (Å²) < 4.78 is 12.8. The zero-order chi connectivity index (χ0) is 14.8. The van der Waals surface area contributed by atoms with Crippen LogP contribution in [0, 0.1) is 5.82 Å². The van der Waals surface area contributed by atoms with Gasteiger partial charge < -0.3 is 10.4 Å². The number of nitrogens with zero attached hydrogens (tertiary/aromatic N) is 1. The van der Waals surface area contributed by atoms with Gasteiger partial charge in [0.05, 0.1) is 17.8 Å². The fourth-order valence-electron chi connectivity index (χ4n) is 1.62. The average Bonchev–Trinajstić information content (AvgIpc) is 2.89. The lowest BCUT2D eigenvalue weighted by Gasteiger charge is -2.22. The molecular weight excluding hydrogens is 261 g/mol. The number of halogens is 1.